The number of rotatable bonds is 3. The van der Waals surface area contributed by atoms with E-state index in [0.29, 0.717) is 7.14 Å². The summed E-state index contributed by atoms with van der Waals surface area (Å²) >= 11 is 5.66. The van der Waals surface area contributed by atoms with Crippen molar-refractivity contribution in [1.29, 1.82) is 0 Å². The highest BCUT2D eigenvalue weighted by Crippen LogP contribution is 2.33. The molecule has 0 amide bonds. The van der Waals surface area contributed by atoms with Gasteiger partial charge in [0.2, 0.25) is 0 Å². The first-order chi connectivity index (χ1) is 7.24. The molecule has 0 aliphatic carbocycles. The van der Waals surface area contributed by atoms with Gasteiger partial charge in [-0.1, -0.05) is 0 Å². The summed E-state index contributed by atoms with van der Waals surface area (Å²) < 4.78 is 31.7. The number of benzene rings is 1. The predicted octanol–water partition coefficient (Wildman–Crippen LogP) is 3.56. The van der Waals surface area contributed by atoms with Crippen molar-refractivity contribution in [2.45, 2.75) is 6.11 Å². The zero-order valence-electron chi connectivity index (χ0n) is 7.31. The Morgan fingerprint density at radius 2 is 1.69 bits per heavy atom. The Hall–Kier alpha value is 0.540. The van der Waals surface area contributed by atoms with Crippen molar-refractivity contribution in [2.75, 3.05) is 0 Å². The van der Waals surface area contributed by atoms with Crippen LogP contribution in [0.3, 0.4) is 0 Å². The fourth-order valence-corrected chi connectivity index (χ4v) is 4.60. The summed E-state index contributed by atoms with van der Waals surface area (Å²) in [6, 6.07) is 3.24. The Kier molecular flexibility index (Phi) is 4.98. The van der Waals surface area contributed by atoms with Gasteiger partial charge in [-0.25, -0.2) is 4.79 Å². The fourth-order valence-electron chi connectivity index (χ4n) is 0.798. The quantitative estimate of drug-likeness (QED) is 0.571. The van der Waals surface area contributed by atoms with Crippen LogP contribution in [0.25, 0.3) is 0 Å². The summed E-state index contributed by atoms with van der Waals surface area (Å²) in [4.78, 5) is 10.2. The summed E-state index contributed by atoms with van der Waals surface area (Å²) in [7, 11) is 0. The van der Waals surface area contributed by atoms with E-state index in [-0.39, 0.29) is 5.75 Å². The van der Waals surface area contributed by atoms with Gasteiger partial charge >= 0.3 is 12.1 Å². The molecule has 88 valence electrons. The number of hydrogen-bond donors (Lipinski definition) is 1. The molecule has 0 spiro atoms. The summed E-state index contributed by atoms with van der Waals surface area (Å²) in [5.41, 5.74) is 0. The van der Waals surface area contributed by atoms with Crippen LogP contribution >= 0.6 is 67.8 Å². The number of carbonyl (C=O) groups is 1. The second-order valence-electron chi connectivity index (χ2n) is 2.62. The highest BCUT2D eigenvalue weighted by atomic mass is 127. The van der Waals surface area contributed by atoms with Crippen LogP contribution in [0.15, 0.2) is 12.1 Å². The van der Waals surface area contributed by atoms with Crippen LogP contribution in [0.2, 0.25) is 0 Å². The van der Waals surface area contributed by atoms with E-state index in [1.54, 1.807) is 12.1 Å². The van der Waals surface area contributed by atoms with E-state index in [1.165, 1.54) is 0 Å². The van der Waals surface area contributed by atoms with Crippen molar-refractivity contribution >= 4 is 73.7 Å². The third kappa shape index (κ3) is 3.51. The van der Waals surface area contributed by atoms with Crippen molar-refractivity contribution in [3.05, 3.63) is 22.8 Å². The molecule has 16 heavy (non-hydrogen) atoms. The van der Waals surface area contributed by atoms with Crippen LogP contribution in [0.1, 0.15) is 0 Å². The van der Waals surface area contributed by atoms with Gasteiger partial charge in [0.25, 0.3) is 0 Å². The molecule has 1 aromatic carbocycles. The van der Waals surface area contributed by atoms with E-state index in [4.69, 9.17) is 5.11 Å². The molecule has 0 unspecified atom stereocenters. The average molecular weight is 566 g/mol. The lowest BCUT2D eigenvalue weighted by Gasteiger charge is -2.16. The number of ether oxygens (including phenoxy) is 1. The lowest BCUT2D eigenvalue weighted by molar-refractivity contribution is -0.211. The van der Waals surface area contributed by atoms with Crippen molar-refractivity contribution in [3.8, 4) is 5.75 Å². The lowest BCUT2D eigenvalue weighted by Crippen LogP contribution is -2.35. The molecule has 0 aliphatic heterocycles. The SMILES string of the molecule is O=C(O)C(F)(F)Oc1c(I)cc(I)cc1I. The number of carboxylic acid groups (broad SMARTS) is 1. The number of aliphatic carboxylic acids is 1. The smallest absolute Gasteiger partial charge is 0.474 e. The Labute approximate surface area is 130 Å². The molecule has 1 rings (SSSR count). The first kappa shape index (κ1) is 14.6. The van der Waals surface area contributed by atoms with Gasteiger partial charge in [-0.05, 0) is 79.9 Å². The molecule has 0 aromatic heterocycles. The van der Waals surface area contributed by atoms with E-state index in [1.807, 2.05) is 67.8 Å². The van der Waals surface area contributed by atoms with Gasteiger partial charge in [0.15, 0.2) is 5.75 Å². The summed E-state index contributed by atoms with van der Waals surface area (Å²) in [5.74, 6) is -2.42. The largest absolute Gasteiger partial charge is 0.501 e. The van der Waals surface area contributed by atoms with Crippen molar-refractivity contribution in [3.63, 3.8) is 0 Å². The topological polar surface area (TPSA) is 46.5 Å². The van der Waals surface area contributed by atoms with E-state index < -0.39 is 12.1 Å². The molecule has 0 aliphatic rings. The van der Waals surface area contributed by atoms with Gasteiger partial charge in [0.1, 0.15) is 0 Å². The highest BCUT2D eigenvalue weighted by Gasteiger charge is 2.43. The monoisotopic (exact) mass is 566 g/mol. The van der Waals surface area contributed by atoms with Gasteiger partial charge in [-0.15, -0.1) is 0 Å². The molecular weight excluding hydrogens is 563 g/mol. The number of carboxylic acids is 1. The van der Waals surface area contributed by atoms with Crippen molar-refractivity contribution in [1.82, 2.24) is 0 Å². The molecule has 1 aromatic rings. The molecule has 0 radical (unpaired) electrons. The van der Waals surface area contributed by atoms with Crippen molar-refractivity contribution < 1.29 is 23.4 Å². The third-order valence-electron chi connectivity index (χ3n) is 1.44. The van der Waals surface area contributed by atoms with Crippen LogP contribution in [0, 0.1) is 10.7 Å². The third-order valence-corrected chi connectivity index (χ3v) is 3.67. The maximum Gasteiger partial charge on any atom is 0.501 e. The minimum atomic E-state index is -4.22. The standard InChI is InChI=1S/C8H3F2I3O3/c9-8(10,7(14)15)16-6-4(12)1-3(11)2-5(6)13/h1-2H,(H,14,15). The molecule has 0 bridgehead atoms. The van der Waals surface area contributed by atoms with Gasteiger partial charge < -0.3 is 9.84 Å². The van der Waals surface area contributed by atoms with Crippen LogP contribution in [-0.4, -0.2) is 17.2 Å². The second kappa shape index (κ2) is 5.46. The van der Waals surface area contributed by atoms with E-state index in [0.717, 1.165) is 3.57 Å². The normalized spacial score (nSPS) is 11.3. The Morgan fingerprint density at radius 1 is 1.25 bits per heavy atom. The Bertz CT molecular complexity index is 414. The molecule has 0 fully saturated rings. The lowest BCUT2D eigenvalue weighted by atomic mass is 10.3. The zero-order chi connectivity index (χ0) is 12.5. The maximum absolute atomic E-state index is 12.9. The first-order valence-electron chi connectivity index (χ1n) is 3.69. The molecule has 0 saturated carbocycles. The molecule has 1 N–H and O–H groups in total. The van der Waals surface area contributed by atoms with Gasteiger partial charge in [-0.2, -0.15) is 8.78 Å². The number of alkyl halides is 2. The summed E-state index contributed by atoms with van der Waals surface area (Å²) in [5, 5.41) is 8.26. The van der Waals surface area contributed by atoms with Gasteiger partial charge in [-0.3, -0.25) is 0 Å². The minimum absolute atomic E-state index is 0.117. The van der Waals surface area contributed by atoms with Crippen molar-refractivity contribution in [2.24, 2.45) is 0 Å². The summed E-state index contributed by atoms with van der Waals surface area (Å²) in [6.07, 6.45) is -4.22. The molecule has 0 saturated heterocycles. The number of halogens is 5. The van der Waals surface area contributed by atoms with Crippen LogP contribution in [-0.2, 0) is 4.79 Å². The van der Waals surface area contributed by atoms with Crippen LogP contribution < -0.4 is 4.74 Å². The van der Waals surface area contributed by atoms with Crippen LogP contribution in [0.5, 0.6) is 5.75 Å². The highest BCUT2D eigenvalue weighted by molar-refractivity contribution is 14.1. The number of hydrogen-bond acceptors (Lipinski definition) is 2. The van der Waals surface area contributed by atoms with E-state index in [2.05, 4.69) is 4.74 Å². The average Bonchev–Trinajstić information content (AvgIpc) is 2.11. The predicted molar refractivity (Wildman–Crippen MR) is 77.8 cm³/mol. The molecule has 8 heteroatoms. The minimum Gasteiger partial charge on any atom is -0.474 e. The van der Waals surface area contributed by atoms with Crippen LogP contribution in [0.4, 0.5) is 8.78 Å². The van der Waals surface area contributed by atoms with Gasteiger partial charge in [0, 0.05) is 3.57 Å². The van der Waals surface area contributed by atoms with E-state index >= 15 is 0 Å². The maximum atomic E-state index is 12.9. The molecule has 0 heterocycles. The Balaban J connectivity index is 3.11. The first-order valence-corrected chi connectivity index (χ1v) is 6.92. The fraction of sp³-hybridized carbons (Fsp3) is 0.125. The zero-order valence-corrected chi connectivity index (χ0v) is 13.8. The van der Waals surface area contributed by atoms with Gasteiger partial charge in [0.05, 0.1) is 7.14 Å². The Morgan fingerprint density at radius 3 is 2.06 bits per heavy atom. The molecule has 3 nitrogen and oxygen atoms in total. The summed E-state index contributed by atoms with van der Waals surface area (Å²) in [6.45, 7) is 0. The molecular formula is C8H3F2I3O3. The second-order valence-corrected chi connectivity index (χ2v) is 6.19. The van der Waals surface area contributed by atoms with E-state index in [9.17, 15) is 13.6 Å². The molecule has 0 atom stereocenters.